The molecule has 11 heteroatoms. The van der Waals surface area contributed by atoms with E-state index in [4.69, 9.17) is 11.6 Å². The number of halogens is 1. The van der Waals surface area contributed by atoms with Crippen molar-refractivity contribution in [2.24, 2.45) is 0 Å². The van der Waals surface area contributed by atoms with Crippen LogP contribution in [0.15, 0.2) is 29.2 Å². The molecule has 160 valence electrons. The fourth-order valence-electron chi connectivity index (χ4n) is 2.82. The summed E-state index contributed by atoms with van der Waals surface area (Å²) in [6.07, 6.45) is -0.0224. The Labute approximate surface area is 175 Å². The third kappa shape index (κ3) is 6.41. The quantitative estimate of drug-likeness (QED) is 0.608. The second kappa shape index (κ2) is 10.0. The number of hydrogen-bond acceptors (Lipinski definition) is 5. The predicted molar refractivity (Wildman–Crippen MR) is 108 cm³/mol. The van der Waals surface area contributed by atoms with Gasteiger partial charge >= 0.3 is 11.8 Å². The minimum atomic E-state index is -3.81. The van der Waals surface area contributed by atoms with Gasteiger partial charge in [-0.1, -0.05) is 23.7 Å². The normalized spacial score (nSPS) is 14.8. The van der Waals surface area contributed by atoms with Gasteiger partial charge in [0.2, 0.25) is 15.9 Å². The van der Waals surface area contributed by atoms with Crippen LogP contribution in [-0.2, 0) is 24.4 Å². The monoisotopic (exact) mass is 444 g/mol. The third-order valence-corrected chi connectivity index (χ3v) is 6.25. The van der Waals surface area contributed by atoms with Crippen LogP contribution in [0.2, 0.25) is 5.02 Å². The lowest BCUT2D eigenvalue weighted by Gasteiger charge is -2.34. The SMILES string of the molecule is CC(C)NC(=O)C(=O)N1CCN(C(=O)CCNS(=O)(=O)c2ccccc2Cl)CC1. The van der Waals surface area contributed by atoms with E-state index in [1.54, 1.807) is 30.9 Å². The molecule has 0 bridgehead atoms. The molecule has 1 aromatic rings. The van der Waals surface area contributed by atoms with Gasteiger partial charge in [0.05, 0.1) is 5.02 Å². The van der Waals surface area contributed by atoms with Gasteiger partial charge in [0.15, 0.2) is 0 Å². The zero-order valence-electron chi connectivity index (χ0n) is 16.4. The fourth-order valence-corrected chi connectivity index (χ4v) is 4.37. The van der Waals surface area contributed by atoms with Crippen molar-refractivity contribution >= 4 is 39.3 Å². The summed E-state index contributed by atoms with van der Waals surface area (Å²) in [7, 11) is -3.81. The topological polar surface area (TPSA) is 116 Å². The molecule has 9 nitrogen and oxygen atoms in total. The Kier molecular flexibility index (Phi) is 8.00. The van der Waals surface area contributed by atoms with E-state index in [0.717, 1.165) is 0 Å². The Morgan fingerprint density at radius 3 is 2.24 bits per heavy atom. The van der Waals surface area contributed by atoms with Crippen molar-refractivity contribution in [2.75, 3.05) is 32.7 Å². The van der Waals surface area contributed by atoms with E-state index in [1.807, 2.05) is 0 Å². The smallest absolute Gasteiger partial charge is 0.312 e. The van der Waals surface area contributed by atoms with Gasteiger partial charge in [0.25, 0.3) is 0 Å². The van der Waals surface area contributed by atoms with E-state index in [9.17, 15) is 22.8 Å². The number of hydrogen-bond donors (Lipinski definition) is 2. The van der Waals surface area contributed by atoms with E-state index in [-0.39, 0.29) is 61.0 Å². The lowest BCUT2D eigenvalue weighted by atomic mass is 10.2. The molecule has 3 amide bonds. The van der Waals surface area contributed by atoms with E-state index >= 15 is 0 Å². The summed E-state index contributed by atoms with van der Waals surface area (Å²) in [6, 6.07) is 5.92. The highest BCUT2D eigenvalue weighted by Gasteiger charge is 2.28. The minimum Gasteiger partial charge on any atom is -0.346 e. The van der Waals surface area contributed by atoms with Crippen LogP contribution < -0.4 is 10.0 Å². The number of sulfonamides is 1. The number of nitrogens with zero attached hydrogens (tertiary/aromatic N) is 2. The molecule has 0 aromatic heterocycles. The lowest BCUT2D eigenvalue weighted by Crippen LogP contribution is -2.54. The first-order valence-corrected chi connectivity index (χ1v) is 11.1. The summed E-state index contributed by atoms with van der Waals surface area (Å²) in [5.74, 6) is -1.50. The van der Waals surface area contributed by atoms with Gasteiger partial charge in [-0.2, -0.15) is 0 Å². The van der Waals surface area contributed by atoms with E-state index < -0.39 is 21.8 Å². The average molecular weight is 445 g/mol. The molecule has 1 aromatic carbocycles. The summed E-state index contributed by atoms with van der Waals surface area (Å²) in [5.41, 5.74) is 0. The molecule has 1 heterocycles. The number of carbonyl (C=O) groups excluding carboxylic acids is 3. The molecule has 1 saturated heterocycles. The highest BCUT2D eigenvalue weighted by molar-refractivity contribution is 7.89. The van der Waals surface area contributed by atoms with Gasteiger partial charge < -0.3 is 15.1 Å². The zero-order valence-corrected chi connectivity index (χ0v) is 17.9. The van der Waals surface area contributed by atoms with Crippen LogP contribution in [0.3, 0.4) is 0 Å². The van der Waals surface area contributed by atoms with Crippen LogP contribution in [0.5, 0.6) is 0 Å². The summed E-state index contributed by atoms with van der Waals surface area (Å²) in [5, 5.41) is 2.65. The Morgan fingerprint density at radius 2 is 1.66 bits per heavy atom. The molecule has 0 saturated carbocycles. The maximum atomic E-state index is 12.3. The van der Waals surface area contributed by atoms with Gasteiger partial charge in [-0.3, -0.25) is 14.4 Å². The molecule has 0 radical (unpaired) electrons. The molecule has 0 aliphatic carbocycles. The number of piperazine rings is 1. The van der Waals surface area contributed by atoms with Crippen molar-refractivity contribution in [1.29, 1.82) is 0 Å². The Bertz CT molecular complexity index is 867. The third-order valence-electron chi connectivity index (χ3n) is 4.29. The van der Waals surface area contributed by atoms with Crippen molar-refractivity contribution in [3.05, 3.63) is 29.3 Å². The predicted octanol–water partition coefficient (Wildman–Crippen LogP) is 0.204. The van der Waals surface area contributed by atoms with E-state index in [2.05, 4.69) is 10.0 Å². The first kappa shape index (κ1) is 23.1. The van der Waals surface area contributed by atoms with Crippen LogP contribution in [-0.4, -0.2) is 74.7 Å². The summed E-state index contributed by atoms with van der Waals surface area (Å²) in [4.78, 5) is 39.1. The van der Waals surface area contributed by atoms with Crippen LogP contribution in [0.1, 0.15) is 20.3 Å². The molecule has 29 heavy (non-hydrogen) atoms. The molecule has 1 aliphatic rings. The van der Waals surface area contributed by atoms with E-state index in [1.165, 1.54) is 17.0 Å². The lowest BCUT2D eigenvalue weighted by molar-refractivity contribution is -0.148. The zero-order chi connectivity index (χ0) is 21.6. The molecule has 0 unspecified atom stereocenters. The Balaban J connectivity index is 1.79. The Morgan fingerprint density at radius 1 is 1.07 bits per heavy atom. The standard InChI is InChI=1S/C18H25ClN4O5S/c1-13(2)21-17(25)18(26)23-11-9-22(10-12-23)16(24)7-8-20-29(27,28)15-6-4-3-5-14(15)19/h3-6,13,20H,7-12H2,1-2H3,(H,21,25). The summed E-state index contributed by atoms with van der Waals surface area (Å²) < 4.78 is 26.9. The van der Waals surface area contributed by atoms with Crippen molar-refractivity contribution < 1.29 is 22.8 Å². The first-order chi connectivity index (χ1) is 13.6. The van der Waals surface area contributed by atoms with E-state index in [0.29, 0.717) is 0 Å². The second-order valence-corrected chi connectivity index (χ2v) is 9.02. The molecule has 0 atom stereocenters. The van der Waals surface area contributed by atoms with Gasteiger partial charge in [0, 0.05) is 45.2 Å². The maximum absolute atomic E-state index is 12.3. The van der Waals surface area contributed by atoms with Crippen LogP contribution in [0.25, 0.3) is 0 Å². The van der Waals surface area contributed by atoms with Crippen molar-refractivity contribution in [3.63, 3.8) is 0 Å². The number of nitrogens with one attached hydrogen (secondary N) is 2. The number of rotatable bonds is 6. The Hall–Kier alpha value is -2.17. The summed E-state index contributed by atoms with van der Waals surface area (Å²) >= 11 is 5.91. The average Bonchev–Trinajstić information content (AvgIpc) is 2.67. The van der Waals surface area contributed by atoms with Gasteiger partial charge in [-0.15, -0.1) is 0 Å². The fraction of sp³-hybridized carbons (Fsp3) is 0.500. The molecular formula is C18H25ClN4O5S. The van der Waals surface area contributed by atoms with Gasteiger partial charge in [-0.25, -0.2) is 13.1 Å². The number of amides is 3. The van der Waals surface area contributed by atoms with Crippen LogP contribution in [0, 0.1) is 0 Å². The van der Waals surface area contributed by atoms with Gasteiger partial charge in [0.1, 0.15) is 4.90 Å². The molecule has 0 spiro atoms. The van der Waals surface area contributed by atoms with Crippen LogP contribution >= 0.6 is 11.6 Å². The summed E-state index contributed by atoms with van der Waals surface area (Å²) in [6.45, 7) is 4.54. The molecular weight excluding hydrogens is 420 g/mol. The highest BCUT2D eigenvalue weighted by atomic mass is 35.5. The van der Waals surface area contributed by atoms with Crippen LogP contribution in [0.4, 0.5) is 0 Å². The maximum Gasteiger partial charge on any atom is 0.312 e. The highest BCUT2D eigenvalue weighted by Crippen LogP contribution is 2.20. The number of benzene rings is 1. The molecule has 1 fully saturated rings. The largest absolute Gasteiger partial charge is 0.346 e. The second-order valence-electron chi connectivity index (χ2n) is 6.88. The van der Waals surface area contributed by atoms with Gasteiger partial charge in [-0.05, 0) is 26.0 Å². The molecule has 2 rings (SSSR count). The van der Waals surface area contributed by atoms with Crippen molar-refractivity contribution in [2.45, 2.75) is 31.2 Å². The minimum absolute atomic E-state index is 0.0224. The van der Waals surface area contributed by atoms with Crippen molar-refractivity contribution in [1.82, 2.24) is 19.8 Å². The molecule has 1 aliphatic heterocycles. The first-order valence-electron chi connectivity index (χ1n) is 9.23. The van der Waals surface area contributed by atoms with Crippen molar-refractivity contribution in [3.8, 4) is 0 Å². The number of carbonyl (C=O) groups is 3. The molecule has 2 N–H and O–H groups in total.